The monoisotopic (exact) mass is 242 g/mol. The van der Waals surface area contributed by atoms with Gasteiger partial charge in [0, 0.05) is 12.6 Å². The molecular formula is C15H18N2O. The van der Waals surface area contributed by atoms with E-state index in [9.17, 15) is 0 Å². The van der Waals surface area contributed by atoms with Crippen LogP contribution in [-0.2, 0) is 12.8 Å². The number of anilines is 1. The first-order chi connectivity index (χ1) is 8.78. The molecule has 1 aromatic carbocycles. The molecule has 18 heavy (non-hydrogen) atoms. The lowest BCUT2D eigenvalue weighted by molar-refractivity contribution is 0.424. The number of aryl methyl sites for hydroxylation is 2. The second-order valence-corrected chi connectivity index (χ2v) is 5.04. The fourth-order valence-electron chi connectivity index (χ4n) is 2.73. The van der Waals surface area contributed by atoms with Gasteiger partial charge in [-0.15, -0.1) is 0 Å². The molecule has 0 fully saturated rings. The van der Waals surface area contributed by atoms with Gasteiger partial charge in [-0.3, -0.25) is 0 Å². The van der Waals surface area contributed by atoms with E-state index in [4.69, 9.17) is 4.52 Å². The molecule has 3 rings (SSSR count). The normalized spacial score (nSPS) is 18.4. The topological polar surface area (TPSA) is 38.1 Å². The van der Waals surface area contributed by atoms with Gasteiger partial charge in [0.15, 0.2) is 0 Å². The van der Waals surface area contributed by atoms with Crippen LogP contribution in [0.25, 0.3) is 0 Å². The first-order valence-corrected chi connectivity index (χ1v) is 6.49. The lowest BCUT2D eigenvalue weighted by atomic mass is 9.82. The Labute approximate surface area is 107 Å². The van der Waals surface area contributed by atoms with E-state index in [0.29, 0.717) is 5.92 Å². The first-order valence-electron chi connectivity index (χ1n) is 6.49. The fraction of sp³-hybridized carbons (Fsp3) is 0.400. The Kier molecular flexibility index (Phi) is 2.82. The highest BCUT2D eigenvalue weighted by Crippen LogP contribution is 2.35. The molecule has 1 N–H and O–H groups in total. The van der Waals surface area contributed by atoms with Crippen molar-refractivity contribution >= 4 is 5.88 Å². The van der Waals surface area contributed by atoms with Gasteiger partial charge >= 0.3 is 0 Å². The summed E-state index contributed by atoms with van der Waals surface area (Å²) < 4.78 is 5.31. The summed E-state index contributed by atoms with van der Waals surface area (Å²) in [5.74, 6) is 1.42. The maximum atomic E-state index is 5.31. The Morgan fingerprint density at radius 1 is 1.28 bits per heavy atom. The fourth-order valence-corrected chi connectivity index (χ4v) is 2.73. The van der Waals surface area contributed by atoms with E-state index < -0.39 is 0 Å². The molecule has 94 valence electrons. The molecule has 1 aromatic heterocycles. The Balaban J connectivity index is 1.87. The van der Waals surface area contributed by atoms with E-state index in [-0.39, 0.29) is 0 Å². The molecule has 1 atom stereocenters. The number of hydrogen-bond donors (Lipinski definition) is 1. The standard InChI is InChI=1S/C15H18N2O/c1-10-3-5-11(6-4-10)12-7-8-14-13(9-12)15(16-2)18-17-14/h3-6,12,16H,7-9H2,1-2H3. The minimum atomic E-state index is 0.588. The molecule has 1 unspecified atom stereocenters. The second-order valence-electron chi connectivity index (χ2n) is 5.04. The van der Waals surface area contributed by atoms with E-state index in [1.807, 2.05) is 7.05 Å². The smallest absolute Gasteiger partial charge is 0.227 e. The number of nitrogens with zero attached hydrogens (tertiary/aromatic N) is 1. The molecule has 2 aromatic rings. The maximum absolute atomic E-state index is 5.31. The van der Waals surface area contributed by atoms with Crippen molar-refractivity contribution in [3.63, 3.8) is 0 Å². The number of nitrogens with one attached hydrogen (secondary N) is 1. The second kappa shape index (κ2) is 4.48. The summed E-state index contributed by atoms with van der Waals surface area (Å²) in [6.07, 6.45) is 3.20. The van der Waals surface area contributed by atoms with Gasteiger partial charge in [0.1, 0.15) is 0 Å². The first kappa shape index (κ1) is 11.3. The summed E-state index contributed by atoms with van der Waals surface area (Å²) >= 11 is 0. The molecule has 0 amide bonds. The molecule has 1 aliphatic carbocycles. The van der Waals surface area contributed by atoms with Crippen molar-refractivity contribution in [3.8, 4) is 0 Å². The van der Waals surface area contributed by atoms with Crippen molar-refractivity contribution in [2.45, 2.75) is 32.1 Å². The zero-order valence-corrected chi connectivity index (χ0v) is 10.9. The summed E-state index contributed by atoms with van der Waals surface area (Å²) in [6.45, 7) is 2.13. The van der Waals surface area contributed by atoms with Crippen LogP contribution >= 0.6 is 0 Å². The average Bonchev–Trinajstić information content (AvgIpc) is 2.81. The minimum Gasteiger partial charge on any atom is -0.357 e. The third-order valence-electron chi connectivity index (χ3n) is 3.83. The zero-order chi connectivity index (χ0) is 12.5. The van der Waals surface area contributed by atoms with E-state index in [1.165, 1.54) is 16.7 Å². The quantitative estimate of drug-likeness (QED) is 0.878. The van der Waals surface area contributed by atoms with Crippen molar-refractivity contribution in [2.24, 2.45) is 0 Å². The minimum absolute atomic E-state index is 0.588. The van der Waals surface area contributed by atoms with Crippen LogP contribution in [0.3, 0.4) is 0 Å². The van der Waals surface area contributed by atoms with E-state index in [0.717, 1.165) is 30.8 Å². The molecule has 0 spiro atoms. The average molecular weight is 242 g/mol. The van der Waals surface area contributed by atoms with Gasteiger partial charge in [0.2, 0.25) is 5.88 Å². The van der Waals surface area contributed by atoms with Crippen molar-refractivity contribution in [3.05, 3.63) is 46.6 Å². The van der Waals surface area contributed by atoms with Gasteiger partial charge in [-0.1, -0.05) is 35.0 Å². The Morgan fingerprint density at radius 2 is 2.06 bits per heavy atom. The number of aromatic nitrogens is 1. The van der Waals surface area contributed by atoms with E-state index in [2.05, 4.69) is 41.7 Å². The highest BCUT2D eigenvalue weighted by molar-refractivity contribution is 5.46. The summed E-state index contributed by atoms with van der Waals surface area (Å²) in [4.78, 5) is 0. The van der Waals surface area contributed by atoms with Crippen LogP contribution in [0.2, 0.25) is 0 Å². The predicted octanol–water partition coefficient (Wildman–Crippen LogP) is 3.30. The highest BCUT2D eigenvalue weighted by Gasteiger charge is 2.26. The molecular weight excluding hydrogens is 224 g/mol. The maximum Gasteiger partial charge on any atom is 0.227 e. The van der Waals surface area contributed by atoms with Crippen molar-refractivity contribution in [1.82, 2.24) is 5.16 Å². The van der Waals surface area contributed by atoms with E-state index >= 15 is 0 Å². The molecule has 3 nitrogen and oxygen atoms in total. The third kappa shape index (κ3) is 1.90. The lowest BCUT2D eigenvalue weighted by Gasteiger charge is -2.21. The summed E-state index contributed by atoms with van der Waals surface area (Å²) in [7, 11) is 1.89. The van der Waals surface area contributed by atoms with Gasteiger partial charge in [-0.2, -0.15) is 0 Å². The summed E-state index contributed by atoms with van der Waals surface area (Å²) in [5, 5.41) is 7.22. The van der Waals surface area contributed by atoms with Crippen molar-refractivity contribution in [1.29, 1.82) is 0 Å². The zero-order valence-electron chi connectivity index (χ0n) is 10.9. The molecule has 0 radical (unpaired) electrons. The largest absolute Gasteiger partial charge is 0.357 e. The van der Waals surface area contributed by atoms with Gasteiger partial charge in [0.05, 0.1) is 5.69 Å². The number of fused-ring (bicyclic) bond motifs is 1. The summed E-state index contributed by atoms with van der Waals surface area (Å²) in [6, 6.07) is 8.88. The van der Waals surface area contributed by atoms with Gasteiger partial charge in [0.25, 0.3) is 0 Å². The SMILES string of the molecule is CNc1onc2c1CC(c1ccc(C)cc1)CC2. The van der Waals surface area contributed by atoms with Crippen molar-refractivity contribution < 1.29 is 4.52 Å². The Morgan fingerprint density at radius 3 is 2.78 bits per heavy atom. The predicted molar refractivity (Wildman–Crippen MR) is 72.0 cm³/mol. The molecule has 0 bridgehead atoms. The molecule has 3 heteroatoms. The Bertz CT molecular complexity index is 529. The Hall–Kier alpha value is -1.77. The van der Waals surface area contributed by atoms with Crippen LogP contribution in [0.1, 0.15) is 34.7 Å². The van der Waals surface area contributed by atoms with Crippen LogP contribution in [0.5, 0.6) is 0 Å². The van der Waals surface area contributed by atoms with Gasteiger partial charge in [-0.05, 0) is 37.7 Å². The van der Waals surface area contributed by atoms with Gasteiger partial charge in [-0.25, -0.2) is 0 Å². The van der Waals surface area contributed by atoms with Crippen LogP contribution < -0.4 is 5.32 Å². The van der Waals surface area contributed by atoms with Crippen LogP contribution in [0.15, 0.2) is 28.8 Å². The highest BCUT2D eigenvalue weighted by atomic mass is 16.5. The number of rotatable bonds is 2. The van der Waals surface area contributed by atoms with Crippen LogP contribution in [0, 0.1) is 6.92 Å². The molecule has 1 aliphatic rings. The molecule has 0 saturated carbocycles. The van der Waals surface area contributed by atoms with Gasteiger partial charge < -0.3 is 9.84 Å². The third-order valence-corrected chi connectivity index (χ3v) is 3.83. The molecule has 0 aliphatic heterocycles. The van der Waals surface area contributed by atoms with Crippen LogP contribution in [-0.4, -0.2) is 12.2 Å². The lowest BCUT2D eigenvalue weighted by Crippen LogP contribution is -2.12. The molecule has 0 saturated heterocycles. The molecule has 1 heterocycles. The number of hydrogen-bond acceptors (Lipinski definition) is 3. The summed E-state index contributed by atoms with van der Waals surface area (Å²) in [5.41, 5.74) is 5.13. The van der Waals surface area contributed by atoms with Crippen LogP contribution in [0.4, 0.5) is 5.88 Å². The van der Waals surface area contributed by atoms with Crippen molar-refractivity contribution in [2.75, 3.05) is 12.4 Å². The van der Waals surface area contributed by atoms with E-state index in [1.54, 1.807) is 0 Å². The number of benzene rings is 1.